The molecule has 1 heterocycles. The average Bonchev–Trinajstić information content (AvgIpc) is 2.79. The molecule has 1 aromatic carbocycles. The minimum Gasteiger partial charge on any atom is -0.479 e. The van der Waals surface area contributed by atoms with E-state index in [1.165, 1.54) is 23.8 Å². The van der Waals surface area contributed by atoms with E-state index in [1.54, 1.807) is 30.3 Å². The van der Waals surface area contributed by atoms with Crippen LogP contribution in [-0.4, -0.2) is 32.9 Å². The lowest BCUT2D eigenvalue weighted by molar-refractivity contribution is -0.175. The Bertz CT molecular complexity index is 770. The number of hydrogen-bond donors (Lipinski definition) is 2. The third-order valence-corrected chi connectivity index (χ3v) is 3.42. The Morgan fingerprint density at radius 3 is 2.29 bits per heavy atom. The van der Waals surface area contributed by atoms with Crippen LogP contribution in [0.25, 0.3) is 5.69 Å². The van der Waals surface area contributed by atoms with E-state index in [9.17, 15) is 27.9 Å². The molecule has 0 fully saturated rings. The molecule has 0 aliphatic rings. The number of carbonyl (C=O) groups is 2. The lowest BCUT2D eigenvalue weighted by Crippen LogP contribution is -2.42. The maximum absolute atomic E-state index is 12.4. The molecule has 9 heteroatoms. The minimum absolute atomic E-state index is 0.0175. The molecule has 2 N–H and O–H groups in total. The number of para-hydroxylation sites is 1. The summed E-state index contributed by atoms with van der Waals surface area (Å²) >= 11 is 0. The fourth-order valence-electron chi connectivity index (χ4n) is 2.36. The summed E-state index contributed by atoms with van der Waals surface area (Å²) in [6.45, 7) is 3.00. The van der Waals surface area contributed by atoms with Gasteiger partial charge in [0, 0.05) is 11.3 Å². The molecule has 1 unspecified atom stereocenters. The Balaban J connectivity index is 2.47. The van der Waals surface area contributed by atoms with Gasteiger partial charge >= 0.3 is 18.1 Å². The predicted octanol–water partition coefficient (Wildman–Crippen LogP) is 2.29. The molecule has 1 aromatic heterocycles. The molecule has 0 saturated heterocycles. The van der Waals surface area contributed by atoms with Crippen LogP contribution >= 0.6 is 0 Å². The number of alkyl halides is 3. The first-order valence-corrected chi connectivity index (χ1v) is 6.85. The molecule has 0 spiro atoms. The molecule has 2 aromatic rings. The van der Waals surface area contributed by atoms with Gasteiger partial charge in [0.1, 0.15) is 0 Å². The van der Waals surface area contributed by atoms with Gasteiger partial charge < -0.3 is 10.4 Å². The molecule has 0 radical (unpaired) electrons. The van der Waals surface area contributed by atoms with Crippen LogP contribution in [0.2, 0.25) is 0 Å². The molecule has 128 valence electrons. The van der Waals surface area contributed by atoms with Crippen molar-refractivity contribution in [1.82, 2.24) is 15.1 Å². The number of carbonyl (C=O) groups excluding carboxylic acids is 1. The number of nitrogens with zero attached hydrogens (tertiary/aromatic N) is 2. The third-order valence-electron chi connectivity index (χ3n) is 3.42. The first-order valence-electron chi connectivity index (χ1n) is 6.85. The van der Waals surface area contributed by atoms with E-state index < -0.39 is 24.1 Å². The molecule has 6 nitrogen and oxygen atoms in total. The lowest BCUT2D eigenvalue weighted by atomic mass is 10.0. The zero-order valence-electron chi connectivity index (χ0n) is 12.8. The number of rotatable bonds is 4. The van der Waals surface area contributed by atoms with Gasteiger partial charge in [-0.1, -0.05) is 18.2 Å². The van der Waals surface area contributed by atoms with Crippen LogP contribution in [0.15, 0.2) is 30.3 Å². The summed E-state index contributed by atoms with van der Waals surface area (Å²) in [5.74, 6) is -3.92. The van der Waals surface area contributed by atoms with Crippen molar-refractivity contribution in [1.29, 1.82) is 0 Å². The van der Waals surface area contributed by atoms with Crippen molar-refractivity contribution in [3.8, 4) is 5.69 Å². The largest absolute Gasteiger partial charge is 0.479 e. The predicted molar refractivity (Wildman–Crippen MR) is 77.6 cm³/mol. The summed E-state index contributed by atoms with van der Waals surface area (Å²) in [5, 5.41) is 14.9. The monoisotopic (exact) mass is 341 g/mol. The van der Waals surface area contributed by atoms with Crippen molar-refractivity contribution in [3.63, 3.8) is 0 Å². The Morgan fingerprint density at radius 1 is 1.21 bits per heavy atom. The molecule has 1 amide bonds. The third kappa shape index (κ3) is 3.39. The Kier molecular flexibility index (Phi) is 4.63. The van der Waals surface area contributed by atoms with E-state index >= 15 is 0 Å². The van der Waals surface area contributed by atoms with Crippen LogP contribution in [0, 0.1) is 13.8 Å². The van der Waals surface area contributed by atoms with Gasteiger partial charge in [-0.25, -0.2) is 9.48 Å². The van der Waals surface area contributed by atoms with Gasteiger partial charge in [-0.15, -0.1) is 0 Å². The van der Waals surface area contributed by atoms with Gasteiger partial charge in [0.2, 0.25) is 0 Å². The number of halogens is 3. The number of nitrogens with one attached hydrogen (secondary N) is 1. The van der Waals surface area contributed by atoms with Crippen LogP contribution < -0.4 is 5.32 Å². The second-order valence-corrected chi connectivity index (χ2v) is 5.07. The Labute approximate surface area is 134 Å². The maximum Gasteiger partial charge on any atom is 0.471 e. The molecule has 0 saturated carbocycles. The molecule has 1 atom stereocenters. The second-order valence-electron chi connectivity index (χ2n) is 5.07. The number of carboxylic acids is 1. The highest BCUT2D eigenvalue weighted by Gasteiger charge is 2.42. The van der Waals surface area contributed by atoms with Crippen molar-refractivity contribution in [2.24, 2.45) is 0 Å². The number of benzene rings is 1. The molecule has 0 aliphatic carbocycles. The van der Waals surface area contributed by atoms with E-state index in [0.29, 0.717) is 11.4 Å². The number of aromatic nitrogens is 2. The average molecular weight is 341 g/mol. The Morgan fingerprint density at radius 2 is 1.79 bits per heavy atom. The number of aliphatic carboxylic acids is 1. The Hall–Kier alpha value is -2.84. The maximum atomic E-state index is 12.4. The van der Waals surface area contributed by atoms with Gasteiger partial charge in [-0.05, 0) is 26.0 Å². The van der Waals surface area contributed by atoms with Crippen LogP contribution in [0.3, 0.4) is 0 Å². The highest BCUT2D eigenvalue weighted by Crippen LogP contribution is 2.26. The normalized spacial score (nSPS) is 12.7. The topological polar surface area (TPSA) is 84.2 Å². The SMILES string of the molecule is Cc1nn(-c2ccccc2)c(C)c1C(NC(=O)C(F)(F)F)C(=O)O. The fourth-order valence-corrected chi connectivity index (χ4v) is 2.36. The minimum atomic E-state index is -5.18. The van der Waals surface area contributed by atoms with Crippen LogP contribution in [0.5, 0.6) is 0 Å². The number of hydrogen-bond acceptors (Lipinski definition) is 3. The molecule has 0 bridgehead atoms. The van der Waals surface area contributed by atoms with Crippen molar-refractivity contribution >= 4 is 11.9 Å². The summed E-state index contributed by atoms with van der Waals surface area (Å²) in [7, 11) is 0. The van der Waals surface area contributed by atoms with Crippen molar-refractivity contribution in [3.05, 3.63) is 47.3 Å². The summed E-state index contributed by atoms with van der Waals surface area (Å²) in [6.07, 6.45) is -5.18. The summed E-state index contributed by atoms with van der Waals surface area (Å²) in [6, 6.07) is 6.84. The first kappa shape index (κ1) is 17.5. The molecular weight excluding hydrogens is 327 g/mol. The van der Waals surface area contributed by atoms with E-state index in [0.717, 1.165) is 0 Å². The highest BCUT2D eigenvalue weighted by atomic mass is 19.4. The molecule has 0 aliphatic heterocycles. The molecular formula is C15H14F3N3O3. The summed E-state index contributed by atoms with van der Waals surface area (Å²) in [4.78, 5) is 22.5. The summed E-state index contributed by atoms with van der Waals surface area (Å²) in [5.41, 5.74) is 1.18. The van der Waals surface area contributed by atoms with Crippen molar-refractivity contribution < 1.29 is 27.9 Å². The smallest absolute Gasteiger partial charge is 0.471 e. The number of amides is 1. The zero-order valence-corrected chi connectivity index (χ0v) is 12.8. The second kappa shape index (κ2) is 6.34. The first-order chi connectivity index (χ1) is 11.1. The van der Waals surface area contributed by atoms with Gasteiger partial charge in [0.15, 0.2) is 6.04 Å². The quantitative estimate of drug-likeness (QED) is 0.894. The molecule has 24 heavy (non-hydrogen) atoms. The van der Waals surface area contributed by atoms with Crippen LogP contribution in [-0.2, 0) is 9.59 Å². The zero-order chi connectivity index (χ0) is 18.1. The van der Waals surface area contributed by atoms with Crippen molar-refractivity contribution in [2.45, 2.75) is 26.1 Å². The number of aryl methyl sites for hydroxylation is 1. The van der Waals surface area contributed by atoms with Gasteiger partial charge in [-0.2, -0.15) is 18.3 Å². The van der Waals surface area contributed by atoms with E-state index in [4.69, 9.17) is 0 Å². The number of carboxylic acid groups (broad SMARTS) is 1. The standard InChI is InChI=1S/C15H14F3N3O3/c1-8-11(12(13(22)23)19-14(24)15(16,17)18)9(2)21(20-8)10-6-4-3-5-7-10/h3-7,12H,1-2H3,(H,19,24)(H,22,23). The fraction of sp³-hybridized carbons (Fsp3) is 0.267. The van der Waals surface area contributed by atoms with E-state index in [2.05, 4.69) is 5.10 Å². The van der Waals surface area contributed by atoms with Crippen molar-refractivity contribution in [2.75, 3.05) is 0 Å². The van der Waals surface area contributed by atoms with Gasteiger partial charge in [-0.3, -0.25) is 4.79 Å². The lowest BCUT2D eigenvalue weighted by Gasteiger charge is -2.16. The van der Waals surface area contributed by atoms with E-state index in [1.807, 2.05) is 0 Å². The molecule has 2 rings (SSSR count). The van der Waals surface area contributed by atoms with E-state index in [-0.39, 0.29) is 11.3 Å². The van der Waals surface area contributed by atoms with Gasteiger partial charge in [0.25, 0.3) is 0 Å². The summed E-state index contributed by atoms with van der Waals surface area (Å²) < 4.78 is 38.7. The van der Waals surface area contributed by atoms with Crippen LogP contribution in [0.4, 0.5) is 13.2 Å². The van der Waals surface area contributed by atoms with Gasteiger partial charge in [0.05, 0.1) is 11.4 Å². The van der Waals surface area contributed by atoms with Crippen LogP contribution in [0.1, 0.15) is 23.0 Å². The highest BCUT2D eigenvalue weighted by molar-refractivity contribution is 5.88.